The van der Waals surface area contributed by atoms with Crippen LogP contribution < -0.4 is 5.32 Å². The van der Waals surface area contributed by atoms with Crippen LogP contribution in [0.1, 0.15) is 39.0 Å². The van der Waals surface area contributed by atoms with E-state index in [1.54, 1.807) is 6.26 Å². The Morgan fingerprint density at radius 2 is 2.21 bits per heavy atom. The van der Waals surface area contributed by atoms with Crippen molar-refractivity contribution in [2.75, 3.05) is 0 Å². The van der Waals surface area contributed by atoms with Crippen molar-refractivity contribution in [3.63, 3.8) is 0 Å². The van der Waals surface area contributed by atoms with Crippen LogP contribution in [0, 0.1) is 0 Å². The fourth-order valence-corrected chi connectivity index (χ4v) is 1.91. The first-order chi connectivity index (χ1) is 8.95. The van der Waals surface area contributed by atoms with E-state index in [9.17, 15) is 0 Å². The van der Waals surface area contributed by atoms with Crippen molar-refractivity contribution in [3.05, 3.63) is 42.1 Å². The van der Waals surface area contributed by atoms with Crippen LogP contribution in [0.5, 0.6) is 0 Å². The zero-order valence-electron chi connectivity index (χ0n) is 12.2. The molecule has 0 radical (unpaired) electrons. The predicted octanol–water partition coefficient (Wildman–Crippen LogP) is 2.95. The highest BCUT2D eigenvalue weighted by atomic mass is 16.3. The maximum Gasteiger partial charge on any atom is 0.105 e. The van der Waals surface area contributed by atoms with Crippen molar-refractivity contribution < 1.29 is 4.42 Å². The summed E-state index contributed by atoms with van der Waals surface area (Å²) in [5.74, 6) is 1.02. The molecule has 0 bridgehead atoms. The molecule has 0 saturated heterocycles. The lowest BCUT2D eigenvalue weighted by molar-refractivity contribution is 0.355. The van der Waals surface area contributed by atoms with Gasteiger partial charge in [-0.2, -0.15) is 5.10 Å². The van der Waals surface area contributed by atoms with E-state index in [-0.39, 0.29) is 5.54 Å². The first-order valence-corrected chi connectivity index (χ1v) is 6.75. The summed E-state index contributed by atoms with van der Waals surface area (Å²) in [6.45, 7) is 9.44. The molecule has 0 amide bonds. The van der Waals surface area contributed by atoms with Crippen LogP contribution in [-0.4, -0.2) is 15.8 Å². The molecule has 1 N–H and O–H groups in total. The average molecular weight is 261 g/mol. The van der Waals surface area contributed by atoms with Gasteiger partial charge in [0.25, 0.3) is 0 Å². The van der Waals surface area contributed by atoms with Gasteiger partial charge in [-0.3, -0.25) is 4.68 Å². The van der Waals surface area contributed by atoms with E-state index in [1.807, 2.05) is 23.0 Å². The molecular weight excluding hydrogens is 238 g/mol. The fraction of sp³-hybridized carbons (Fsp3) is 0.533. The number of nitrogens with zero attached hydrogens (tertiary/aromatic N) is 2. The van der Waals surface area contributed by atoms with E-state index in [4.69, 9.17) is 4.42 Å². The van der Waals surface area contributed by atoms with Crippen molar-refractivity contribution >= 4 is 0 Å². The molecule has 0 aliphatic carbocycles. The Balaban J connectivity index is 1.83. The summed E-state index contributed by atoms with van der Waals surface area (Å²) in [5.41, 5.74) is 1.25. The summed E-state index contributed by atoms with van der Waals surface area (Å²) < 4.78 is 7.35. The quantitative estimate of drug-likeness (QED) is 0.900. The van der Waals surface area contributed by atoms with Gasteiger partial charge in [0.2, 0.25) is 0 Å². The number of hydrogen-bond donors (Lipinski definition) is 1. The summed E-state index contributed by atoms with van der Waals surface area (Å²) in [5, 5.41) is 7.89. The Hall–Kier alpha value is -1.55. The number of rotatable bonds is 5. The normalized spacial score (nSPS) is 13.7. The van der Waals surface area contributed by atoms with Crippen LogP contribution in [0.4, 0.5) is 0 Å². The van der Waals surface area contributed by atoms with E-state index < -0.39 is 0 Å². The number of nitrogens with one attached hydrogen (secondary N) is 1. The SMILES string of the molecule is CC(Cc1ccco1)NCc1cnn(C(C)(C)C)c1. The van der Waals surface area contributed by atoms with Gasteiger partial charge >= 0.3 is 0 Å². The molecule has 19 heavy (non-hydrogen) atoms. The molecule has 0 aliphatic rings. The van der Waals surface area contributed by atoms with E-state index >= 15 is 0 Å². The Morgan fingerprint density at radius 1 is 1.42 bits per heavy atom. The zero-order chi connectivity index (χ0) is 13.9. The van der Waals surface area contributed by atoms with Crippen LogP contribution in [-0.2, 0) is 18.5 Å². The number of hydrogen-bond acceptors (Lipinski definition) is 3. The zero-order valence-corrected chi connectivity index (χ0v) is 12.2. The smallest absolute Gasteiger partial charge is 0.105 e. The molecule has 0 spiro atoms. The third-order valence-corrected chi connectivity index (χ3v) is 3.07. The summed E-state index contributed by atoms with van der Waals surface area (Å²) in [7, 11) is 0. The monoisotopic (exact) mass is 261 g/mol. The first-order valence-electron chi connectivity index (χ1n) is 6.75. The Labute approximate surface area is 114 Å². The van der Waals surface area contributed by atoms with Gasteiger partial charge in [-0.1, -0.05) is 0 Å². The molecule has 0 aliphatic heterocycles. The number of furan rings is 1. The fourth-order valence-electron chi connectivity index (χ4n) is 1.91. The second-order valence-corrected chi connectivity index (χ2v) is 6.03. The van der Waals surface area contributed by atoms with Gasteiger partial charge in [-0.05, 0) is 39.8 Å². The van der Waals surface area contributed by atoms with Gasteiger partial charge in [0.1, 0.15) is 5.76 Å². The lowest BCUT2D eigenvalue weighted by Gasteiger charge is -2.18. The standard InChI is InChI=1S/C15H23N3O/c1-12(8-14-6-5-7-19-14)16-9-13-10-17-18(11-13)15(2,3)4/h5-7,10-12,16H,8-9H2,1-4H3. The molecule has 2 heterocycles. The van der Waals surface area contributed by atoms with E-state index in [0.29, 0.717) is 6.04 Å². The summed E-state index contributed by atoms with van der Waals surface area (Å²) in [6, 6.07) is 4.31. The second kappa shape index (κ2) is 5.61. The van der Waals surface area contributed by atoms with Crippen LogP contribution >= 0.6 is 0 Å². The van der Waals surface area contributed by atoms with Crippen LogP contribution in [0.2, 0.25) is 0 Å². The van der Waals surface area contributed by atoms with Gasteiger partial charge in [0.15, 0.2) is 0 Å². The van der Waals surface area contributed by atoms with Gasteiger partial charge in [0, 0.05) is 30.8 Å². The molecule has 2 aromatic rings. The van der Waals surface area contributed by atoms with Crippen molar-refractivity contribution in [3.8, 4) is 0 Å². The summed E-state index contributed by atoms with van der Waals surface area (Å²) >= 11 is 0. The highest BCUT2D eigenvalue weighted by Gasteiger charge is 2.14. The summed E-state index contributed by atoms with van der Waals surface area (Å²) in [4.78, 5) is 0. The van der Waals surface area contributed by atoms with E-state index in [0.717, 1.165) is 18.7 Å². The van der Waals surface area contributed by atoms with Crippen molar-refractivity contribution in [2.24, 2.45) is 0 Å². The Bertz CT molecular complexity index is 494. The molecule has 1 unspecified atom stereocenters. The number of aromatic nitrogens is 2. The van der Waals surface area contributed by atoms with Crippen molar-refractivity contribution in [1.82, 2.24) is 15.1 Å². The van der Waals surface area contributed by atoms with E-state index in [2.05, 4.69) is 44.3 Å². The van der Waals surface area contributed by atoms with Crippen LogP contribution in [0.3, 0.4) is 0 Å². The van der Waals surface area contributed by atoms with Gasteiger partial charge in [-0.25, -0.2) is 0 Å². The topological polar surface area (TPSA) is 43.0 Å². The van der Waals surface area contributed by atoms with E-state index in [1.165, 1.54) is 5.56 Å². The average Bonchev–Trinajstić information content (AvgIpc) is 2.95. The molecule has 2 aromatic heterocycles. The third-order valence-electron chi connectivity index (χ3n) is 3.07. The largest absolute Gasteiger partial charge is 0.469 e. The molecule has 0 fully saturated rings. The third kappa shape index (κ3) is 3.96. The summed E-state index contributed by atoms with van der Waals surface area (Å²) in [6.07, 6.45) is 6.65. The molecule has 2 rings (SSSR count). The van der Waals surface area contributed by atoms with Crippen molar-refractivity contribution in [2.45, 2.75) is 52.2 Å². The lowest BCUT2D eigenvalue weighted by Crippen LogP contribution is -2.27. The Morgan fingerprint density at radius 3 is 2.79 bits per heavy atom. The van der Waals surface area contributed by atoms with Crippen LogP contribution in [0.25, 0.3) is 0 Å². The maximum absolute atomic E-state index is 5.35. The Kier molecular flexibility index (Phi) is 4.10. The molecule has 1 atom stereocenters. The minimum absolute atomic E-state index is 0.0397. The molecule has 0 saturated carbocycles. The minimum atomic E-state index is 0.0397. The first kappa shape index (κ1) is 13.9. The highest BCUT2D eigenvalue weighted by Crippen LogP contribution is 2.13. The van der Waals surface area contributed by atoms with Gasteiger partial charge in [0.05, 0.1) is 18.0 Å². The highest BCUT2D eigenvalue weighted by molar-refractivity contribution is 5.06. The van der Waals surface area contributed by atoms with Crippen molar-refractivity contribution in [1.29, 1.82) is 0 Å². The molecule has 104 valence electrons. The van der Waals surface area contributed by atoms with Gasteiger partial charge < -0.3 is 9.73 Å². The predicted molar refractivity (Wildman–Crippen MR) is 75.9 cm³/mol. The lowest BCUT2D eigenvalue weighted by atomic mass is 10.1. The molecule has 0 aromatic carbocycles. The maximum atomic E-state index is 5.35. The molecular formula is C15H23N3O. The molecule has 4 nitrogen and oxygen atoms in total. The molecule has 4 heteroatoms. The minimum Gasteiger partial charge on any atom is -0.469 e. The van der Waals surface area contributed by atoms with Gasteiger partial charge in [-0.15, -0.1) is 0 Å². The second-order valence-electron chi connectivity index (χ2n) is 6.03. The van der Waals surface area contributed by atoms with Crippen LogP contribution in [0.15, 0.2) is 35.2 Å².